The van der Waals surface area contributed by atoms with E-state index in [-0.39, 0.29) is 5.91 Å². The molecule has 0 atom stereocenters. The predicted molar refractivity (Wildman–Crippen MR) is 108 cm³/mol. The molecule has 0 spiro atoms. The number of hydrogen-bond acceptors (Lipinski definition) is 2. The molecule has 0 fully saturated rings. The molecule has 3 nitrogen and oxygen atoms in total. The van der Waals surface area contributed by atoms with E-state index < -0.39 is 0 Å². The van der Waals surface area contributed by atoms with Crippen LogP contribution >= 0.6 is 0 Å². The molecule has 0 bridgehead atoms. The summed E-state index contributed by atoms with van der Waals surface area (Å²) in [5, 5.41) is 1.13. The zero-order valence-electron chi connectivity index (χ0n) is 15.8. The minimum Gasteiger partial charge on any atom is -0.339 e. The maximum absolute atomic E-state index is 12.8. The third-order valence-electron chi connectivity index (χ3n) is 4.66. The van der Waals surface area contributed by atoms with E-state index in [1.807, 2.05) is 35.4 Å². The number of hydrogen-bond donors (Lipinski definition) is 0. The standard InChI is InChI=1S/C23H26N2O/c1-4-13-25(14-5-2)23(26)20-8-10-21(17(3)15-20)18-9-11-22-19(16-18)7-6-12-24-22/h6-12,15-16H,4-5,13-14H2,1-3H3. The van der Waals surface area contributed by atoms with Crippen LogP contribution in [0.15, 0.2) is 54.7 Å². The molecule has 0 unspecified atom stereocenters. The van der Waals surface area contributed by atoms with Gasteiger partial charge in [0.05, 0.1) is 5.52 Å². The second kappa shape index (κ2) is 8.13. The number of benzene rings is 2. The maximum atomic E-state index is 12.8. The topological polar surface area (TPSA) is 33.2 Å². The van der Waals surface area contributed by atoms with Crippen molar-refractivity contribution in [3.05, 3.63) is 65.9 Å². The molecule has 3 heteroatoms. The van der Waals surface area contributed by atoms with Gasteiger partial charge in [0.15, 0.2) is 0 Å². The van der Waals surface area contributed by atoms with Gasteiger partial charge in [-0.2, -0.15) is 0 Å². The number of aromatic nitrogens is 1. The molecular weight excluding hydrogens is 320 g/mol. The highest BCUT2D eigenvalue weighted by molar-refractivity contribution is 5.95. The van der Waals surface area contributed by atoms with Crippen LogP contribution in [-0.2, 0) is 0 Å². The Morgan fingerprint density at radius 3 is 2.46 bits per heavy atom. The third kappa shape index (κ3) is 3.77. The van der Waals surface area contributed by atoms with Gasteiger partial charge in [0.2, 0.25) is 0 Å². The molecule has 134 valence electrons. The lowest BCUT2D eigenvalue weighted by molar-refractivity contribution is 0.0755. The fourth-order valence-electron chi connectivity index (χ4n) is 3.40. The molecule has 26 heavy (non-hydrogen) atoms. The smallest absolute Gasteiger partial charge is 0.253 e. The number of fused-ring (bicyclic) bond motifs is 1. The molecule has 0 saturated heterocycles. The summed E-state index contributed by atoms with van der Waals surface area (Å²) in [6, 6.07) is 16.4. The molecule has 2 aromatic carbocycles. The van der Waals surface area contributed by atoms with Gasteiger partial charge in [-0.15, -0.1) is 0 Å². The van der Waals surface area contributed by atoms with E-state index in [0.717, 1.165) is 59.1 Å². The molecule has 0 aliphatic rings. The van der Waals surface area contributed by atoms with Crippen molar-refractivity contribution in [2.24, 2.45) is 0 Å². The van der Waals surface area contributed by atoms with E-state index in [0.29, 0.717) is 0 Å². The molecule has 1 heterocycles. The lowest BCUT2D eigenvalue weighted by Gasteiger charge is -2.22. The number of amides is 1. The van der Waals surface area contributed by atoms with E-state index in [9.17, 15) is 4.79 Å². The number of rotatable bonds is 6. The van der Waals surface area contributed by atoms with Crippen molar-refractivity contribution in [1.29, 1.82) is 0 Å². The largest absolute Gasteiger partial charge is 0.339 e. The lowest BCUT2D eigenvalue weighted by Crippen LogP contribution is -2.32. The number of pyridine rings is 1. The quantitative estimate of drug-likeness (QED) is 0.593. The van der Waals surface area contributed by atoms with Crippen molar-refractivity contribution in [3.63, 3.8) is 0 Å². The summed E-state index contributed by atoms with van der Waals surface area (Å²) in [6.45, 7) is 7.91. The molecule has 3 rings (SSSR count). The minimum atomic E-state index is 0.131. The first-order valence-corrected chi connectivity index (χ1v) is 9.39. The van der Waals surface area contributed by atoms with Crippen LogP contribution < -0.4 is 0 Å². The highest BCUT2D eigenvalue weighted by Crippen LogP contribution is 2.27. The van der Waals surface area contributed by atoms with Crippen molar-refractivity contribution in [1.82, 2.24) is 9.88 Å². The van der Waals surface area contributed by atoms with Gasteiger partial charge in [-0.05, 0) is 66.8 Å². The monoisotopic (exact) mass is 346 g/mol. The van der Waals surface area contributed by atoms with E-state index in [1.165, 1.54) is 0 Å². The van der Waals surface area contributed by atoms with Crippen LogP contribution in [0.2, 0.25) is 0 Å². The van der Waals surface area contributed by atoms with Crippen LogP contribution in [0, 0.1) is 6.92 Å². The first kappa shape index (κ1) is 18.1. The Kier molecular flexibility index (Phi) is 5.67. The molecule has 0 saturated carbocycles. The van der Waals surface area contributed by atoms with Crippen LogP contribution in [0.1, 0.15) is 42.6 Å². The van der Waals surface area contributed by atoms with Crippen molar-refractivity contribution in [3.8, 4) is 11.1 Å². The highest BCUT2D eigenvalue weighted by atomic mass is 16.2. The van der Waals surface area contributed by atoms with Gasteiger partial charge in [0.25, 0.3) is 5.91 Å². The first-order valence-electron chi connectivity index (χ1n) is 9.39. The molecule has 0 aliphatic carbocycles. The fourth-order valence-corrected chi connectivity index (χ4v) is 3.40. The van der Waals surface area contributed by atoms with Crippen molar-refractivity contribution >= 4 is 16.8 Å². The Morgan fingerprint density at radius 2 is 1.77 bits per heavy atom. The van der Waals surface area contributed by atoms with Crippen molar-refractivity contribution in [2.45, 2.75) is 33.6 Å². The molecule has 1 aromatic heterocycles. The summed E-state index contributed by atoms with van der Waals surface area (Å²) in [5.41, 5.74) is 5.20. The summed E-state index contributed by atoms with van der Waals surface area (Å²) in [6.07, 6.45) is 3.77. The lowest BCUT2D eigenvalue weighted by atomic mass is 9.97. The summed E-state index contributed by atoms with van der Waals surface area (Å²) in [5.74, 6) is 0.131. The van der Waals surface area contributed by atoms with Gasteiger partial charge in [-0.3, -0.25) is 9.78 Å². The Balaban J connectivity index is 1.92. The molecule has 0 radical (unpaired) electrons. The number of carbonyl (C=O) groups is 1. The van der Waals surface area contributed by atoms with Crippen molar-refractivity contribution in [2.75, 3.05) is 13.1 Å². The van der Waals surface area contributed by atoms with E-state index in [1.54, 1.807) is 0 Å². The Hall–Kier alpha value is -2.68. The number of aryl methyl sites for hydroxylation is 1. The van der Waals surface area contributed by atoms with Crippen LogP contribution in [0.3, 0.4) is 0 Å². The maximum Gasteiger partial charge on any atom is 0.253 e. The number of carbonyl (C=O) groups excluding carboxylic acids is 1. The van der Waals surface area contributed by atoms with E-state index in [4.69, 9.17) is 0 Å². The normalized spacial score (nSPS) is 10.9. The average Bonchev–Trinajstić information content (AvgIpc) is 2.67. The van der Waals surface area contributed by atoms with Gasteiger partial charge < -0.3 is 4.90 Å². The minimum absolute atomic E-state index is 0.131. The fraction of sp³-hybridized carbons (Fsp3) is 0.304. The second-order valence-electron chi connectivity index (χ2n) is 6.73. The van der Waals surface area contributed by atoms with Gasteiger partial charge in [-0.1, -0.05) is 32.0 Å². The Labute approximate surface area is 155 Å². The van der Waals surface area contributed by atoms with Crippen LogP contribution in [0.4, 0.5) is 0 Å². The van der Waals surface area contributed by atoms with Gasteiger partial charge in [0, 0.05) is 30.2 Å². The second-order valence-corrected chi connectivity index (χ2v) is 6.73. The molecular formula is C23H26N2O. The van der Waals surface area contributed by atoms with Gasteiger partial charge in [-0.25, -0.2) is 0 Å². The van der Waals surface area contributed by atoms with Gasteiger partial charge >= 0.3 is 0 Å². The molecule has 0 aliphatic heterocycles. The molecule has 0 N–H and O–H groups in total. The number of nitrogens with zero attached hydrogens (tertiary/aromatic N) is 2. The summed E-state index contributed by atoms with van der Waals surface area (Å²) in [7, 11) is 0. The summed E-state index contributed by atoms with van der Waals surface area (Å²) < 4.78 is 0. The van der Waals surface area contributed by atoms with Crippen LogP contribution in [0.5, 0.6) is 0 Å². The van der Waals surface area contributed by atoms with Crippen molar-refractivity contribution < 1.29 is 4.79 Å². The summed E-state index contributed by atoms with van der Waals surface area (Å²) >= 11 is 0. The SMILES string of the molecule is CCCN(CCC)C(=O)c1ccc(-c2ccc3ncccc3c2)c(C)c1. The van der Waals surface area contributed by atoms with Crippen LogP contribution in [-0.4, -0.2) is 28.9 Å². The third-order valence-corrected chi connectivity index (χ3v) is 4.66. The van der Waals surface area contributed by atoms with Gasteiger partial charge in [0.1, 0.15) is 0 Å². The van der Waals surface area contributed by atoms with E-state index >= 15 is 0 Å². The summed E-state index contributed by atoms with van der Waals surface area (Å²) in [4.78, 5) is 19.2. The Morgan fingerprint density at radius 1 is 1.00 bits per heavy atom. The predicted octanol–water partition coefficient (Wildman–Crippen LogP) is 5.47. The zero-order chi connectivity index (χ0) is 18.5. The molecule has 1 amide bonds. The zero-order valence-corrected chi connectivity index (χ0v) is 15.8. The van der Waals surface area contributed by atoms with Crippen LogP contribution in [0.25, 0.3) is 22.0 Å². The molecule has 3 aromatic rings. The van der Waals surface area contributed by atoms with E-state index in [2.05, 4.69) is 50.0 Å². The average molecular weight is 346 g/mol. The first-order chi connectivity index (χ1) is 12.6. The Bertz CT molecular complexity index is 911. The highest BCUT2D eigenvalue weighted by Gasteiger charge is 2.15.